The Bertz CT molecular complexity index is 677. The molecule has 0 aliphatic carbocycles. The number of sulfonamides is 1. The molecule has 1 fully saturated rings. The van der Waals surface area contributed by atoms with Gasteiger partial charge in [-0.05, 0) is 40.2 Å². The van der Waals surface area contributed by atoms with Crippen molar-refractivity contribution in [3.63, 3.8) is 0 Å². The Hall–Kier alpha value is -1.45. The van der Waals surface area contributed by atoms with Crippen molar-refractivity contribution < 1.29 is 13.2 Å². The minimum atomic E-state index is -3.79. The quantitative estimate of drug-likeness (QED) is 0.650. The molecule has 2 atom stereocenters. The zero-order chi connectivity index (χ0) is 17.2. The van der Waals surface area contributed by atoms with E-state index in [-0.39, 0.29) is 16.8 Å². The van der Waals surface area contributed by atoms with Crippen molar-refractivity contribution in [3.8, 4) is 0 Å². The van der Waals surface area contributed by atoms with Crippen LogP contribution in [-0.4, -0.2) is 49.3 Å². The molecule has 1 aliphatic heterocycles. The van der Waals surface area contributed by atoms with Crippen molar-refractivity contribution in [3.05, 3.63) is 11.4 Å². The van der Waals surface area contributed by atoms with Gasteiger partial charge in [0.2, 0.25) is 15.9 Å². The van der Waals surface area contributed by atoms with Gasteiger partial charge in [0.25, 0.3) is 0 Å². The third-order valence-electron chi connectivity index (χ3n) is 4.12. The molecule has 2 unspecified atom stereocenters. The van der Waals surface area contributed by atoms with Crippen LogP contribution in [-0.2, 0) is 21.9 Å². The predicted octanol–water partition coefficient (Wildman–Crippen LogP) is -0.428. The van der Waals surface area contributed by atoms with Gasteiger partial charge in [-0.2, -0.15) is 9.82 Å². The number of carbonyl (C=O) groups excluding carboxylic acids is 1. The third-order valence-corrected chi connectivity index (χ3v) is 5.91. The second-order valence-electron chi connectivity index (χ2n) is 6.00. The van der Waals surface area contributed by atoms with Crippen molar-refractivity contribution in [1.82, 2.24) is 25.1 Å². The number of hydrogen-bond acceptors (Lipinski definition) is 5. The first-order chi connectivity index (χ1) is 10.7. The highest BCUT2D eigenvalue weighted by Gasteiger charge is 2.28. The van der Waals surface area contributed by atoms with Crippen LogP contribution in [0.15, 0.2) is 4.90 Å². The fourth-order valence-corrected chi connectivity index (χ4v) is 4.44. The van der Waals surface area contributed by atoms with Gasteiger partial charge in [-0.1, -0.05) is 0 Å². The molecule has 1 aliphatic rings. The largest absolute Gasteiger partial charge is 0.353 e. The summed E-state index contributed by atoms with van der Waals surface area (Å²) in [6, 6.07) is -0.578. The van der Waals surface area contributed by atoms with E-state index in [1.807, 2.05) is 0 Å². The minimum Gasteiger partial charge on any atom is -0.353 e. The number of amides is 1. The third kappa shape index (κ3) is 4.10. The van der Waals surface area contributed by atoms with E-state index in [9.17, 15) is 13.2 Å². The molecule has 2 rings (SSSR count). The van der Waals surface area contributed by atoms with E-state index >= 15 is 0 Å². The Labute approximate surface area is 137 Å². The first-order valence-corrected chi connectivity index (χ1v) is 9.24. The van der Waals surface area contributed by atoms with E-state index in [2.05, 4.69) is 20.5 Å². The summed E-state index contributed by atoms with van der Waals surface area (Å²) in [4.78, 5) is 12.2. The second kappa shape index (κ2) is 6.98. The molecule has 1 saturated heterocycles. The summed E-state index contributed by atoms with van der Waals surface area (Å²) in [5, 5.41) is 10.2. The lowest BCUT2D eigenvalue weighted by Crippen LogP contribution is -2.47. The van der Waals surface area contributed by atoms with Crippen molar-refractivity contribution in [2.24, 2.45) is 7.05 Å². The van der Waals surface area contributed by atoms with Crippen LogP contribution in [0.25, 0.3) is 0 Å². The summed E-state index contributed by atoms with van der Waals surface area (Å²) in [6.45, 7) is 6.33. The summed E-state index contributed by atoms with van der Waals surface area (Å²) in [5.41, 5.74) is 0.957. The highest BCUT2D eigenvalue weighted by molar-refractivity contribution is 7.89. The molecule has 130 valence electrons. The van der Waals surface area contributed by atoms with Crippen LogP contribution < -0.4 is 15.4 Å². The SMILES string of the molecule is Cc1nn(C)c(C)c1S(=O)(=O)NC(C)C(=O)NCC1CCCN1. The molecule has 23 heavy (non-hydrogen) atoms. The summed E-state index contributed by atoms with van der Waals surface area (Å²) >= 11 is 0. The Morgan fingerprint density at radius 3 is 2.70 bits per heavy atom. The molecular formula is C14H25N5O3S. The van der Waals surface area contributed by atoms with Crippen molar-refractivity contribution in [2.45, 2.75) is 50.6 Å². The minimum absolute atomic E-state index is 0.136. The number of hydrogen-bond donors (Lipinski definition) is 3. The Balaban J connectivity index is 2.00. The van der Waals surface area contributed by atoms with Crippen molar-refractivity contribution >= 4 is 15.9 Å². The molecule has 1 aromatic rings. The first kappa shape index (κ1) is 17.9. The summed E-state index contributed by atoms with van der Waals surface area (Å²) in [7, 11) is -2.11. The maximum Gasteiger partial charge on any atom is 0.244 e. The number of aromatic nitrogens is 2. The Kier molecular flexibility index (Phi) is 5.43. The molecule has 3 N–H and O–H groups in total. The van der Waals surface area contributed by atoms with Crippen molar-refractivity contribution in [1.29, 1.82) is 0 Å². The topological polar surface area (TPSA) is 105 Å². The smallest absolute Gasteiger partial charge is 0.244 e. The van der Waals surface area contributed by atoms with Crippen LogP contribution in [0.1, 0.15) is 31.2 Å². The van der Waals surface area contributed by atoms with Crippen LogP contribution in [0.4, 0.5) is 0 Å². The van der Waals surface area contributed by atoms with Gasteiger partial charge in [0.1, 0.15) is 4.90 Å². The molecule has 9 heteroatoms. The highest BCUT2D eigenvalue weighted by atomic mass is 32.2. The lowest BCUT2D eigenvalue weighted by atomic mass is 10.2. The van der Waals surface area contributed by atoms with Gasteiger partial charge < -0.3 is 10.6 Å². The Morgan fingerprint density at radius 2 is 2.17 bits per heavy atom. The van der Waals surface area contributed by atoms with E-state index in [1.165, 1.54) is 11.6 Å². The number of rotatable bonds is 6. The van der Waals surface area contributed by atoms with Crippen LogP contribution in [0, 0.1) is 13.8 Å². The molecule has 8 nitrogen and oxygen atoms in total. The molecule has 1 aromatic heterocycles. The number of carbonyl (C=O) groups is 1. The highest BCUT2D eigenvalue weighted by Crippen LogP contribution is 2.18. The fourth-order valence-electron chi connectivity index (χ4n) is 2.80. The van der Waals surface area contributed by atoms with Crippen LogP contribution in [0.5, 0.6) is 0 Å². The Morgan fingerprint density at radius 1 is 1.48 bits per heavy atom. The molecule has 0 radical (unpaired) electrons. The molecule has 0 saturated carbocycles. The maximum absolute atomic E-state index is 12.5. The number of nitrogens with one attached hydrogen (secondary N) is 3. The van der Waals surface area contributed by atoms with Crippen LogP contribution >= 0.6 is 0 Å². The monoisotopic (exact) mass is 343 g/mol. The first-order valence-electron chi connectivity index (χ1n) is 7.76. The van der Waals surface area contributed by atoms with Crippen molar-refractivity contribution in [2.75, 3.05) is 13.1 Å². The average Bonchev–Trinajstić information content (AvgIpc) is 3.04. The van der Waals surface area contributed by atoms with Gasteiger partial charge in [-0.25, -0.2) is 8.42 Å². The standard InChI is InChI=1S/C14H25N5O3S/c1-9-13(11(3)19(4)17-9)23(21,22)18-10(2)14(20)16-8-12-6-5-7-15-12/h10,12,15,18H,5-8H2,1-4H3,(H,16,20). The molecule has 2 heterocycles. The zero-order valence-corrected chi connectivity index (χ0v) is 14.8. The summed E-state index contributed by atoms with van der Waals surface area (Å²) in [5.74, 6) is -0.332. The van der Waals surface area contributed by atoms with Gasteiger partial charge in [-0.15, -0.1) is 0 Å². The number of aryl methyl sites for hydroxylation is 2. The summed E-state index contributed by atoms with van der Waals surface area (Å²) in [6.07, 6.45) is 2.12. The molecule has 0 aromatic carbocycles. The predicted molar refractivity (Wildman–Crippen MR) is 86.5 cm³/mol. The normalized spacial score (nSPS) is 19.7. The molecule has 0 spiro atoms. The maximum atomic E-state index is 12.5. The van der Waals surface area contributed by atoms with Gasteiger partial charge in [0, 0.05) is 19.6 Å². The zero-order valence-electron chi connectivity index (χ0n) is 14.0. The lowest BCUT2D eigenvalue weighted by molar-refractivity contribution is -0.122. The van der Waals surface area contributed by atoms with E-state index < -0.39 is 16.1 Å². The van der Waals surface area contributed by atoms with Gasteiger partial charge >= 0.3 is 0 Å². The summed E-state index contributed by atoms with van der Waals surface area (Å²) < 4.78 is 29.0. The molecule has 0 bridgehead atoms. The van der Waals surface area contributed by atoms with E-state index in [0.717, 1.165) is 19.4 Å². The fraction of sp³-hybridized carbons (Fsp3) is 0.714. The average molecular weight is 343 g/mol. The van der Waals surface area contributed by atoms with Crippen LogP contribution in [0.2, 0.25) is 0 Å². The second-order valence-corrected chi connectivity index (χ2v) is 7.66. The van der Waals surface area contributed by atoms with E-state index in [4.69, 9.17) is 0 Å². The lowest BCUT2D eigenvalue weighted by Gasteiger charge is -2.17. The van der Waals surface area contributed by atoms with Crippen LogP contribution in [0.3, 0.4) is 0 Å². The molecule has 1 amide bonds. The van der Waals surface area contributed by atoms with E-state index in [1.54, 1.807) is 20.9 Å². The van der Waals surface area contributed by atoms with Gasteiger partial charge in [0.05, 0.1) is 17.4 Å². The van der Waals surface area contributed by atoms with E-state index in [0.29, 0.717) is 17.9 Å². The molecular weight excluding hydrogens is 318 g/mol. The van der Waals surface area contributed by atoms with Gasteiger partial charge in [0.15, 0.2) is 0 Å². The van der Waals surface area contributed by atoms with Gasteiger partial charge in [-0.3, -0.25) is 9.48 Å². The number of nitrogens with zero attached hydrogens (tertiary/aromatic N) is 2.